The Morgan fingerprint density at radius 2 is 1.61 bits per heavy atom. The van der Waals surface area contributed by atoms with Crippen LogP contribution in [0.3, 0.4) is 0 Å². The normalized spacial score (nSPS) is 10.9. The van der Waals surface area contributed by atoms with Crippen molar-refractivity contribution in [1.82, 2.24) is 0 Å². The van der Waals surface area contributed by atoms with E-state index in [1.165, 1.54) is 24.4 Å². The molecule has 18 heavy (non-hydrogen) atoms. The van der Waals surface area contributed by atoms with E-state index in [4.69, 9.17) is 4.74 Å². The molecule has 0 spiro atoms. The standard InChI is InChI=1S/C14H12OS3/c1-15-9-10-4-5-13(17-10)14-7-6-12(18-14)11-3-2-8-16-11/h2-8H,9H2,1H3. The van der Waals surface area contributed by atoms with E-state index in [1.807, 2.05) is 22.7 Å². The average molecular weight is 292 g/mol. The molecule has 0 unspecified atom stereocenters. The second-order valence-corrected chi connectivity index (χ2v) is 7.04. The van der Waals surface area contributed by atoms with Crippen LogP contribution in [0.15, 0.2) is 41.8 Å². The Morgan fingerprint density at radius 1 is 0.889 bits per heavy atom. The van der Waals surface area contributed by atoms with E-state index < -0.39 is 0 Å². The molecule has 3 heterocycles. The van der Waals surface area contributed by atoms with Crippen LogP contribution in [-0.4, -0.2) is 7.11 Å². The Kier molecular flexibility index (Phi) is 3.61. The topological polar surface area (TPSA) is 9.23 Å². The van der Waals surface area contributed by atoms with Gasteiger partial charge in [-0.15, -0.1) is 34.0 Å². The van der Waals surface area contributed by atoms with Crippen molar-refractivity contribution in [2.45, 2.75) is 6.61 Å². The highest BCUT2D eigenvalue weighted by molar-refractivity contribution is 7.26. The fourth-order valence-electron chi connectivity index (χ4n) is 1.75. The lowest BCUT2D eigenvalue weighted by Gasteiger charge is -1.92. The summed E-state index contributed by atoms with van der Waals surface area (Å²) in [5.74, 6) is 0. The van der Waals surface area contributed by atoms with Crippen molar-refractivity contribution < 1.29 is 4.74 Å². The largest absolute Gasteiger partial charge is 0.379 e. The summed E-state index contributed by atoms with van der Waals surface area (Å²) in [5, 5.41) is 2.12. The lowest BCUT2D eigenvalue weighted by molar-refractivity contribution is 0.187. The molecule has 0 bridgehead atoms. The summed E-state index contributed by atoms with van der Waals surface area (Å²) < 4.78 is 5.16. The maximum atomic E-state index is 5.16. The maximum absolute atomic E-state index is 5.16. The van der Waals surface area contributed by atoms with Crippen molar-refractivity contribution in [3.8, 4) is 19.5 Å². The first-order valence-electron chi connectivity index (χ1n) is 5.58. The SMILES string of the molecule is COCc1ccc(-c2ccc(-c3cccs3)s2)s1. The van der Waals surface area contributed by atoms with Crippen molar-refractivity contribution in [2.24, 2.45) is 0 Å². The van der Waals surface area contributed by atoms with E-state index in [-0.39, 0.29) is 0 Å². The van der Waals surface area contributed by atoms with Gasteiger partial charge in [-0.1, -0.05) is 6.07 Å². The van der Waals surface area contributed by atoms with Crippen LogP contribution in [-0.2, 0) is 11.3 Å². The third-order valence-corrected chi connectivity index (χ3v) is 5.97. The highest BCUT2D eigenvalue weighted by atomic mass is 32.1. The van der Waals surface area contributed by atoms with E-state index in [1.54, 1.807) is 18.4 Å². The second-order valence-electron chi connectivity index (χ2n) is 3.84. The van der Waals surface area contributed by atoms with Crippen molar-refractivity contribution in [1.29, 1.82) is 0 Å². The van der Waals surface area contributed by atoms with Crippen LogP contribution in [0.2, 0.25) is 0 Å². The van der Waals surface area contributed by atoms with Crippen LogP contribution in [0.4, 0.5) is 0 Å². The molecular formula is C14H12OS3. The molecule has 0 fully saturated rings. The molecule has 1 nitrogen and oxygen atoms in total. The van der Waals surface area contributed by atoms with E-state index >= 15 is 0 Å². The molecule has 92 valence electrons. The predicted octanol–water partition coefficient (Wildman–Crippen LogP) is 5.35. The maximum Gasteiger partial charge on any atom is 0.0805 e. The van der Waals surface area contributed by atoms with Gasteiger partial charge in [0, 0.05) is 31.5 Å². The molecule has 0 aliphatic heterocycles. The molecule has 0 saturated heterocycles. The molecule has 0 aromatic carbocycles. The molecule has 3 rings (SSSR count). The Balaban J connectivity index is 1.88. The molecule has 3 aromatic rings. The third-order valence-electron chi connectivity index (χ3n) is 2.56. The van der Waals surface area contributed by atoms with Gasteiger partial charge >= 0.3 is 0 Å². The molecular weight excluding hydrogens is 280 g/mol. The van der Waals surface area contributed by atoms with Crippen molar-refractivity contribution in [3.63, 3.8) is 0 Å². The minimum Gasteiger partial charge on any atom is -0.379 e. The summed E-state index contributed by atoms with van der Waals surface area (Å²) >= 11 is 5.46. The van der Waals surface area contributed by atoms with Gasteiger partial charge in [0.05, 0.1) is 6.61 Å². The third kappa shape index (κ3) is 2.42. The highest BCUT2D eigenvalue weighted by Crippen LogP contribution is 2.39. The molecule has 0 N–H and O–H groups in total. The molecule has 0 atom stereocenters. The summed E-state index contributed by atoms with van der Waals surface area (Å²) in [6.07, 6.45) is 0. The van der Waals surface area contributed by atoms with Crippen LogP contribution in [0.5, 0.6) is 0 Å². The quantitative estimate of drug-likeness (QED) is 0.629. The predicted molar refractivity (Wildman–Crippen MR) is 81.7 cm³/mol. The first-order chi connectivity index (χ1) is 8.86. The number of thiophene rings is 3. The molecule has 0 radical (unpaired) electrons. The van der Waals surface area contributed by atoms with Crippen LogP contribution in [0.1, 0.15) is 4.88 Å². The first-order valence-corrected chi connectivity index (χ1v) is 8.10. The van der Waals surface area contributed by atoms with Gasteiger partial charge in [-0.3, -0.25) is 0 Å². The summed E-state index contributed by atoms with van der Waals surface area (Å²) in [5.41, 5.74) is 0. The molecule has 0 amide bonds. The zero-order valence-electron chi connectivity index (χ0n) is 9.88. The lowest BCUT2D eigenvalue weighted by atomic mass is 10.3. The van der Waals surface area contributed by atoms with Gasteiger partial charge in [0.1, 0.15) is 0 Å². The van der Waals surface area contributed by atoms with E-state index in [0.29, 0.717) is 6.61 Å². The zero-order chi connectivity index (χ0) is 12.4. The van der Waals surface area contributed by atoms with E-state index in [0.717, 1.165) is 0 Å². The molecule has 0 saturated carbocycles. The van der Waals surface area contributed by atoms with Gasteiger partial charge < -0.3 is 4.74 Å². The van der Waals surface area contributed by atoms with Crippen LogP contribution >= 0.6 is 34.0 Å². The summed E-state index contributed by atoms with van der Waals surface area (Å²) in [6.45, 7) is 0.702. The smallest absolute Gasteiger partial charge is 0.0805 e. The minimum atomic E-state index is 0.702. The van der Waals surface area contributed by atoms with Gasteiger partial charge in [0.2, 0.25) is 0 Å². The van der Waals surface area contributed by atoms with E-state index in [2.05, 4.69) is 41.8 Å². The number of hydrogen-bond acceptors (Lipinski definition) is 4. The first kappa shape index (κ1) is 12.1. The van der Waals surface area contributed by atoms with Gasteiger partial charge in [0.25, 0.3) is 0 Å². The van der Waals surface area contributed by atoms with Gasteiger partial charge in [-0.25, -0.2) is 0 Å². The zero-order valence-corrected chi connectivity index (χ0v) is 12.3. The Bertz CT molecular complexity index is 619. The number of rotatable bonds is 4. The second kappa shape index (κ2) is 5.36. The Morgan fingerprint density at radius 3 is 2.33 bits per heavy atom. The summed E-state index contributed by atoms with van der Waals surface area (Å²) in [4.78, 5) is 6.64. The molecule has 0 aliphatic carbocycles. The number of ether oxygens (including phenoxy) is 1. The summed E-state index contributed by atoms with van der Waals surface area (Å²) in [7, 11) is 1.74. The van der Waals surface area contributed by atoms with Crippen LogP contribution < -0.4 is 0 Å². The minimum absolute atomic E-state index is 0.702. The van der Waals surface area contributed by atoms with Gasteiger partial charge in [-0.05, 0) is 35.7 Å². The van der Waals surface area contributed by atoms with Crippen LogP contribution in [0, 0.1) is 0 Å². The Hall–Kier alpha value is -0.940. The van der Waals surface area contributed by atoms with Crippen molar-refractivity contribution >= 4 is 34.0 Å². The lowest BCUT2D eigenvalue weighted by Crippen LogP contribution is -1.79. The van der Waals surface area contributed by atoms with Gasteiger partial charge in [-0.2, -0.15) is 0 Å². The highest BCUT2D eigenvalue weighted by Gasteiger charge is 2.08. The van der Waals surface area contributed by atoms with E-state index in [9.17, 15) is 0 Å². The molecule has 0 aliphatic rings. The van der Waals surface area contributed by atoms with Crippen molar-refractivity contribution in [3.05, 3.63) is 46.7 Å². The van der Waals surface area contributed by atoms with Crippen LogP contribution in [0.25, 0.3) is 19.5 Å². The average Bonchev–Trinajstić information content (AvgIpc) is 3.10. The summed E-state index contributed by atoms with van der Waals surface area (Å²) in [6, 6.07) is 13.0. The number of methoxy groups -OCH3 is 1. The molecule has 4 heteroatoms. The van der Waals surface area contributed by atoms with Gasteiger partial charge in [0.15, 0.2) is 0 Å². The number of hydrogen-bond donors (Lipinski definition) is 0. The fourth-order valence-corrected chi connectivity index (χ4v) is 4.66. The Labute approximate surface area is 118 Å². The molecule has 3 aromatic heterocycles. The monoisotopic (exact) mass is 292 g/mol. The van der Waals surface area contributed by atoms with Crippen molar-refractivity contribution in [2.75, 3.05) is 7.11 Å². The fraction of sp³-hybridized carbons (Fsp3) is 0.143.